The van der Waals surface area contributed by atoms with Crippen molar-refractivity contribution < 1.29 is 19.0 Å². The molecule has 2 aliphatic rings. The van der Waals surface area contributed by atoms with Crippen molar-refractivity contribution in [2.75, 3.05) is 57.3 Å². The third-order valence-corrected chi connectivity index (χ3v) is 5.91. The van der Waals surface area contributed by atoms with Crippen LogP contribution < -0.4 is 19.7 Å². The van der Waals surface area contributed by atoms with Crippen LogP contribution in [0.4, 0.5) is 17.3 Å². The Morgan fingerprint density at radius 2 is 1.69 bits per heavy atom. The van der Waals surface area contributed by atoms with Gasteiger partial charge in [0, 0.05) is 43.5 Å². The molecule has 0 atom stereocenters. The molecule has 2 aromatic carbocycles. The van der Waals surface area contributed by atoms with E-state index in [-0.39, 0.29) is 5.91 Å². The van der Waals surface area contributed by atoms with Crippen molar-refractivity contribution in [3.8, 4) is 11.5 Å². The Balaban J connectivity index is 1.57. The van der Waals surface area contributed by atoms with Gasteiger partial charge >= 0.3 is 0 Å². The number of methoxy groups -OCH3 is 2. The van der Waals surface area contributed by atoms with Crippen LogP contribution >= 0.6 is 0 Å². The summed E-state index contributed by atoms with van der Waals surface area (Å²) in [6.45, 7) is 2.69. The van der Waals surface area contributed by atoms with Crippen molar-refractivity contribution in [3.05, 3.63) is 66.4 Å². The van der Waals surface area contributed by atoms with Crippen LogP contribution in [-0.4, -0.2) is 67.8 Å². The number of anilines is 3. The van der Waals surface area contributed by atoms with Gasteiger partial charge in [-0.2, -0.15) is 0 Å². The van der Waals surface area contributed by atoms with Gasteiger partial charge in [-0.1, -0.05) is 24.3 Å². The Labute approximate surface area is 203 Å². The number of fused-ring (bicyclic) bond motifs is 1. The number of allylic oxidation sites excluding steroid dienone is 2. The molecular weight excluding hydrogens is 446 g/mol. The van der Waals surface area contributed by atoms with Gasteiger partial charge < -0.3 is 29.3 Å². The van der Waals surface area contributed by atoms with Crippen LogP contribution in [-0.2, 0) is 9.53 Å². The Morgan fingerprint density at radius 3 is 2.37 bits per heavy atom. The van der Waals surface area contributed by atoms with Gasteiger partial charge in [0.15, 0.2) is 11.6 Å². The van der Waals surface area contributed by atoms with Crippen LogP contribution in [0.15, 0.2) is 66.4 Å². The summed E-state index contributed by atoms with van der Waals surface area (Å²) in [6, 6.07) is 13.2. The number of carbonyl (C=O) groups excluding carboxylic acids is 1. The molecule has 0 spiro atoms. The molecule has 5 rings (SSSR count). The molecule has 9 heteroatoms. The summed E-state index contributed by atoms with van der Waals surface area (Å²) in [5.74, 6) is 2.32. The molecule has 1 saturated heterocycles. The highest BCUT2D eigenvalue weighted by Crippen LogP contribution is 2.34. The van der Waals surface area contributed by atoms with Crippen molar-refractivity contribution in [2.24, 2.45) is 0 Å². The summed E-state index contributed by atoms with van der Waals surface area (Å²) in [5, 5.41) is 3.38. The number of hydrogen-bond donors (Lipinski definition) is 1. The maximum absolute atomic E-state index is 13.5. The number of benzene rings is 2. The first-order valence-electron chi connectivity index (χ1n) is 11.4. The zero-order chi connectivity index (χ0) is 24.2. The smallest absolute Gasteiger partial charge is 0.270 e. The van der Waals surface area contributed by atoms with Gasteiger partial charge in [0.2, 0.25) is 0 Å². The van der Waals surface area contributed by atoms with Crippen LogP contribution in [0.1, 0.15) is 0 Å². The first-order chi connectivity index (χ1) is 17.2. The van der Waals surface area contributed by atoms with Crippen molar-refractivity contribution in [1.82, 2.24) is 14.9 Å². The van der Waals surface area contributed by atoms with Crippen molar-refractivity contribution in [1.29, 1.82) is 0 Å². The number of rotatable bonds is 6. The van der Waals surface area contributed by atoms with E-state index in [1.807, 2.05) is 64.4 Å². The Kier molecular flexibility index (Phi) is 6.49. The van der Waals surface area contributed by atoms with E-state index in [2.05, 4.69) is 5.32 Å². The molecule has 1 amide bonds. The molecule has 1 N–H and O–H groups in total. The quantitative estimate of drug-likeness (QED) is 0.582. The molecule has 2 aliphatic heterocycles. The van der Waals surface area contributed by atoms with E-state index >= 15 is 0 Å². The van der Waals surface area contributed by atoms with Crippen LogP contribution in [0.3, 0.4) is 0 Å². The summed E-state index contributed by atoms with van der Waals surface area (Å²) in [6.07, 6.45) is 5.72. The molecule has 180 valence electrons. The van der Waals surface area contributed by atoms with Crippen LogP contribution in [0.5, 0.6) is 11.5 Å². The fourth-order valence-corrected chi connectivity index (χ4v) is 4.11. The van der Waals surface area contributed by atoms with E-state index in [1.54, 1.807) is 20.3 Å². The molecule has 35 heavy (non-hydrogen) atoms. The lowest BCUT2D eigenvalue weighted by Crippen LogP contribution is -2.45. The first-order valence-corrected chi connectivity index (χ1v) is 11.4. The lowest BCUT2D eigenvalue weighted by molar-refractivity contribution is -0.131. The van der Waals surface area contributed by atoms with Crippen LogP contribution in [0.25, 0.3) is 11.0 Å². The summed E-state index contributed by atoms with van der Waals surface area (Å²) in [7, 11) is 3.21. The number of nitrogens with one attached hydrogen (secondary N) is 1. The van der Waals surface area contributed by atoms with Gasteiger partial charge in [0.05, 0.1) is 38.5 Å². The van der Waals surface area contributed by atoms with E-state index in [4.69, 9.17) is 24.2 Å². The highest BCUT2D eigenvalue weighted by atomic mass is 16.5. The third-order valence-electron chi connectivity index (χ3n) is 5.91. The number of morpholine rings is 1. The zero-order valence-corrected chi connectivity index (χ0v) is 19.7. The molecule has 0 radical (unpaired) electrons. The molecule has 9 nitrogen and oxygen atoms in total. The SMILES string of the molecule is COc1cc(Nc2nc3ccccc3nc2N2CC=CC=C2C(=O)N2CCOCC2)cc(OC)c1. The average molecular weight is 474 g/mol. The lowest BCUT2D eigenvalue weighted by Gasteiger charge is -2.33. The molecule has 1 aromatic heterocycles. The number of carbonyl (C=O) groups is 1. The molecular formula is C26H27N5O4. The molecule has 0 unspecified atom stereocenters. The fourth-order valence-electron chi connectivity index (χ4n) is 4.11. The van der Waals surface area contributed by atoms with Gasteiger partial charge in [0.1, 0.15) is 17.2 Å². The second-order valence-electron chi connectivity index (χ2n) is 8.11. The predicted molar refractivity (Wildman–Crippen MR) is 134 cm³/mol. The van der Waals surface area contributed by atoms with E-state index in [1.165, 1.54) is 0 Å². The van der Waals surface area contributed by atoms with Gasteiger partial charge in [-0.3, -0.25) is 4.79 Å². The van der Waals surface area contributed by atoms with E-state index in [0.29, 0.717) is 61.7 Å². The minimum Gasteiger partial charge on any atom is -0.497 e. The van der Waals surface area contributed by atoms with E-state index < -0.39 is 0 Å². The summed E-state index contributed by atoms with van der Waals surface area (Å²) >= 11 is 0. The fraction of sp³-hybridized carbons (Fsp3) is 0.269. The normalized spacial score (nSPS) is 15.7. The number of ether oxygens (including phenoxy) is 3. The second kappa shape index (κ2) is 10.0. The summed E-state index contributed by atoms with van der Waals surface area (Å²) in [5.41, 5.74) is 2.75. The number of para-hydroxylation sites is 2. The highest BCUT2D eigenvalue weighted by molar-refractivity contribution is 5.99. The van der Waals surface area contributed by atoms with Gasteiger partial charge in [-0.05, 0) is 18.2 Å². The predicted octanol–water partition coefficient (Wildman–Crippen LogP) is 3.51. The Morgan fingerprint density at radius 1 is 1.00 bits per heavy atom. The van der Waals surface area contributed by atoms with E-state index in [0.717, 1.165) is 16.7 Å². The molecule has 1 fully saturated rings. The standard InChI is InChI=1S/C26H27N5O4/c1-33-19-15-18(16-20(17-19)34-2)27-24-25(29-22-8-4-3-7-21(22)28-24)31-10-6-5-9-23(31)26(32)30-11-13-35-14-12-30/h3-9,15-17H,10-14H2,1-2H3,(H,27,28). The monoisotopic (exact) mass is 473 g/mol. The Hall–Kier alpha value is -4.11. The number of amides is 1. The lowest BCUT2D eigenvalue weighted by atomic mass is 10.2. The first kappa shape index (κ1) is 22.7. The molecule has 0 aliphatic carbocycles. The summed E-state index contributed by atoms with van der Waals surface area (Å²) < 4.78 is 16.3. The second-order valence-corrected chi connectivity index (χ2v) is 8.11. The largest absolute Gasteiger partial charge is 0.497 e. The van der Waals surface area contributed by atoms with Crippen LogP contribution in [0, 0.1) is 0 Å². The minimum atomic E-state index is -0.0541. The van der Waals surface area contributed by atoms with Crippen molar-refractivity contribution in [3.63, 3.8) is 0 Å². The van der Waals surface area contributed by atoms with Crippen molar-refractivity contribution in [2.45, 2.75) is 0 Å². The number of aromatic nitrogens is 2. The zero-order valence-electron chi connectivity index (χ0n) is 19.7. The van der Waals surface area contributed by atoms with Gasteiger partial charge in [0.25, 0.3) is 5.91 Å². The van der Waals surface area contributed by atoms with Gasteiger partial charge in [-0.25, -0.2) is 9.97 Å². The van der Waals surface area contributed by atoms with E-state index in [9.17, 15) is 4.79 Å². The average Bonchev–Trinajstić information content (AvgIpc) is 2.92. The highest BCUT2D eigenvalue weighted by Gasteiger charge is 2.29. The van der Waals surface area contributed by atoms with Gasteiger partial charge in [-0.15, -0.1) is 0 Å². The maximum atomic E-state index is 13.5. The topological polar surface area (TPSA) is 89.0 Å². The number of hydrogen-bond acceptors (Lipinski definition) is 8. The maximum Gasteiger partial charge on any atom is 0.270 e. The third kappa shape index (κ3) is 4.76. The number of nitrogens with zero attached hydrogens (tertiary/aromatic N) is 4. The van der Waals surface area contributed by atoms with Crippen molar-refractivity contribution >= 4 is 34.3 Å². The molecule has 0 bridgehead atoms. The minimum absolute atomic E-state index is 0.0541. The van der Waals surface area contributed by atoms with Crippen LogP contribution in [0.2, 0.25) is 0 Å². The molecule has 3 heterocycles. The molecule has 0 saturated carbocycles. The molecule has 3 aromatic rings. The Bertz CT molecular complexity index is 1280. The summed E-state index contributed by atoms with van der Waals surface area (Å²) in [4.78, 5) is 27.0.